The van der Waals surface area contributed by atoms with Gasteiger partial charge in [-0.2, -0.15) is 0 Å². The third-order valence-electron chi connectivity index (χ3n) is 2.69. The fraction of sp³-hybridized carbons (Fsp3) is 0.857. The van der Waals surface area contributed by atoms with Crippen molar-refractivity contribution in [2.75, 3.05) is 19.7 Å². The molecule has 112 valence electrons. The van der Waals surface area contributed by atoms with E-state index in [4.69, 9.17) is 9.84 Å². The third kappa shape index (κ3) is 9.47. The number of hydrogen-bond acceptors (Lipinski definition) is 3. The Morgan fingerprint density at radius 1 is 1.26 bits per heavy atom. The highest BCUT2D eigenvalue weighted by atomic mass is 16.5. The molecule has 0 aromatic carbocycles. The molecule has 0 aliphatic heterocycles. The lowest BCUT2D eigenvalue weighted by atomic mass is 10.1. The summed E-state index contributed by atoms with van der Waals surface area (Å²) in [6.45, 7) is 8.77. The maximum atomic E-state index is 11.9. The molecule has 0 aliphatic rings. The van der Waals surface area contributed by atoms with Gasteiger partial charge < -0.3 is 14.7 Å². The zero-order valence-electron chi connectivity index (χ0n) is 12.5. The van der Waals surface area contributed by atoms with Crippen molar-refractivity contribution in [3.8, 4) is 0 Å². The van der Waals surface area contributed by atoms with Crippen LogP contribution in [-0.2, 0) is 14.3 Å². The van der Waals surface area contributed by atoms with E-state index in [1.165, 1.54) is 4.90 Å². The van der Waals surface area contributed by atoms with Crippen LogP contribution >= 0.6 is 0 Å². The number of carboxylic acids is 1. The van der Waals surface area contributed by atoms with Crippen molar-refractivity contribution in [3.05, 3.63) is 0 Å². The summed E-state index contributed by atoms with van der Waals surface area (Å²) in [5, 5.41) is 8.75. The molecular weight excluding hydrogens is 246 g/mol. The van der Waals surface area contributed by atoms with Crippen LogP contribution in [0, 0.1) is 5.92 Å². The van der Waals surface area contributed by atoms with E-state index >= 15 is 0 Å². The van der Waals surface area contributed by atoms with Gasteiger partial charge in [-0.05, 0) is 25.7 Å². The van der Waals surface area contributed by atoms with Gasteiger partial charge in [0.1, 0.15) is 6.54 Å². The molecule has 0 aliphatic carbocycles. The molecule has 1 amide bonds. The van der Waals surface area contributed by atoms with Gasteiger partial charge in [-0.15, -0.1) is 0 Å². The Bertz CT molecular complexity index is 279. The average molecular weight is 273 g/mol. The van der Waals surface area contributed by atoms with E-state index in [1.54, 1.807) is 0 Å². The molecule has 5 nitrogen and oxygen atoms in total. The highest BCUT2D eigenvalue weighted by Gasteiger charge is 2.16. The van der Waals surface area contributed by atoms with Gasteiger partial charge in [0.2, 0.25) is 5.91 Å². The van der Waals surface area contributed by atoms with Gasteiger partial charge in [-0.1, -0.05) is 20.8 Å². The normalized spacial score (nSPS) is 12.5. The summed E-state index contributed by atoms with van der Waals surface area (Å²) in [6.07, 6.45) is 2.09. The summed E-state index contributed by atoms with van der Waals surface area (Å²) in [7, 11) is 0. The molecule has 0 saturated heterocycles. The van der Waals surface area contributed by atoms with Gasteiger partial charge in [0.25, 0.3) is 0 Å². The molecule has 1 N–H and O–H groups in total. The molecule has 0 aromatic heterocycles. The quantitative estimate of drug-likeness (QED) is 0.662. The monoisotopic (exact) mass is 273 g/mol. The minimum Gasteiger partial charge on any atom is -0.480 e. The smallest absolute Gasteiger partial charge is 0.323 e. The van der Waals surface area contributed by atoms with Crippen LogP contribution in [0.15, 0.2) is 0 Å². The van der Waals surface area contributed by atoms with E-state index in [9.17, 15) is 9.59 Å². The van der Waals surface area contributed by atoms with Gasteiger partial charge in [-0.3, -0.25) is 9.59 Å². The van der Waals surface area contributed by atoms with Gasteiger partial charge in [-0.25, -0.2) is 0 Å². The molecule has 0 radical (unpaired) electrons. The number of aliphatic carboxylic acids is 1. The van der Waals surface area contributed by atoms with E-state index in [2.05, 4.69) is 13.8 Å². The maximum Gasteiger partial charge on any atom is 0.323 e. The summed E-state index contributed by atoms with van der Waals surface area (Å²) in [5.74, 6) is -0.564. The Morgan fingerprint density at radius 2 is 1.89 bits per heavy atom. The van der Waals surface area contributed by atoms with E-state index in [0.717, 1.165) is 12.8 Å². The number of ether oxygens (including phenoxy) is 1. The van der Waals surface area contributed by atoms with Crippen molar-refractivity contribution in [1.29, 1.82) is 0 Å². The molecule has 5 heteroatoms. The molecule has 0 spiro atoms. The second-order valence-corrected chi connectivity index (χ2v) is 5.27. The van der Waals surface area contributed by atoms with Crippen LogP contribution in [0.4, 0.5) is 0 Å². The van der Waals surface area contributed by atoms with Crippen molar-refractivity contribution in [2.24, 2.45) is 5.92 Å². The SMILES string of the molecule is CCCN(CC(=O)O)C(=O)CCOC(C)CC(C)C. The van der Waals surface area contributed by atoms with Crippen molar-refractivity contribution in [2.45, 2.75) is 53.1 Å². The summed E-state index contributed by atoms with van der Waals surface area (Å²) in [4.78, 5) is 23.9. The summed E-state index contributed by atoms with van der Waals surface area (Å²) in [6, 6.07) is 0. The van der Waals surface area contributed by atoms with E-state index < -0.39 is 5.97 Å². The molecular formula is C14H27NO4. The Balaban J connectivity index is 4.01. The van der Waals surface area contributed by atoms with Crippen LogP contribution in [0.25, 0.3) is 0 Å². The number of carboxylic acid groups (broad SMARTS) is 1. The average Bonchev–Trinajstić information content (AvgIpc) is 2.26. The first-order chi connectivity index (χ1) is 8.86. The van der Waals surface area contributed by atoms with Crippen LogP contribution in [0.1, 0.15) is 47.0 Å². The van der Waals surface area contributed by atoms with Gasteiger partial charge >= 0.3 is 5.97 Å². The maximum absolute atomic E-state index is 11.9. The topological polar surface area (TPSA) is 66.8 Å². The van der Waals surface area contributed by atoms with Crippen LogP contribution < -0.4 is 0 Å². The van der Waals surface area contributed by atoms with Crippen LogP contribution in [-0.4, -0.2) is 47.7 Å². The van der Waals surface area contributed by atoms with Gasteiger partial charge in [0, 0.05) is 6.54 Å². The predicted octanol–water partition coefficient (Wildman–Crippen LogP) is 2.15. The first-order valence-electron chi connectivity index (χ1n) is 6.98. The Kier molecular flexibility index (Phi) is 9.21. The van der Waals surface area contributed by atoms with Crippen LogP contribution in [0.3, 0.4) is 0 Å². The van der Waals surface area contributed by atoms with Gasteiger partial charge in [0.15, 0.2) is 0 Å². The number of carbonyl (C=O) groups is 2. The zero-order chi connectivity index (χ0) is 14.8. The molecule has 0 heterocycles. The number of hydrogen-bond donors (Lipinski definition) is 1. The Hall–Kier alpha value is -1.10. The van der Waals surface area contributed by atoms with Crippen molar-refractivity contribution >= 4 is 11.9 Å². The first kappa shape index (κ1) is 17.9. The molecule has 0 fully saturated rings. The van der Waals surface area contributed by atoms with Crippen LogP contribution in [0.2, 0.25) is 0 Å². The number of nitrogens with zero attached hydrogens (tertiary/aromatic N) is 1. The fourth-order valence-electron chi connectivity index (χ4n) is 1.96. The summed E-state index contributed by atoms with van der Waals surface area (Å²) >= 11 is 0. The van der Waals surface area contributed by atoms with Crippen molar-refractivity contribution < 1.29 is 19.4 Å². The van der Waals surface area contributed by atoms with Crippen molar-refractivity contribution in [1.82, 2.24) is 4.90 Å². The lowest BCUT2D eigenvalue weighted by Gasteiger charge is -2.21. The first-order valence-corrected chi connectivity index (χ1v) is 6.98. The van der Waals surface area contributed by atoms with E-state index in [0.29, 0.717) is 19.1 Å². The lowest BCUT2D eigenvalue weighted by molar-refractivity contribution is -0.145. The third-order valence-corrected chi connectivity index (χ3v) is 2.69. The molecule has 0 bridgehead atoms. The predicted molar refractivity (Wildman–Crippen MR) is 74.0 cm³/mol. The van der Waals surface area contributed by atoms with Gasteiger partial charge in [0.05, 0.1) is 19.1 Å². The molecule has 19 heavy (non-hydrogen) atoms. The molecule has 0 saturated carbocycles. The second-order valence-electron chi connectivity index (χ2n) is 5.27. The Morgan fingerprint density at radius 3 is 2.37 bits per heavy atom. The summed E-state index contributed by atoms with van der Waals surface area (Å²) < 4.78 is 5.56. The molecule has 0 aromatic rings. The van der Waals surface area contributed by atoms with Crippen molar-refractivity contribution in [3.63, 3.8) is 0 Å². The second kappa shape index (κ2) is 9.78. The minimum atomic E-state index is -0.976. The fourth-order valence-corrected chi connectivity index (χ4v) is 1.96. The van der Waals surface area contributed by atoms with E-state index in [1.807, 2.05) is 13.8 Å². The standard InChI is InChI=1S/C14H27NO4/c1-5-7-15(10-14(17)18)13(16)6-8-19-12(4)9-11(2)3/h11-12H,5-10H2,1-4H3,(H,17,18). The summed E-state index contributed by atoms with van der Waals surface area (Å²) in [5.41, 5.74) is 0. The largest absolute Gasteiger partial charge is 0.480 e. The van der Waals surface area contributed by atoms with Crippen LogP contribution in [0.5, 0.6) is 0 Å². The Labute approximate surface area is 115 Å². The molecule has 0 rings (SSSR count). The highest BCUT2D eigenvalue weighted by molar-refractivity contribution is 5.81. The number of rotatable bonds is 10. The number of amides is 1. The number of carbonyl (C=O) groups excluding carboxylic acids is 1. The zero-order valence-corrected chi connectivity index (χ0v) is 12.5. The lowest BCUT2D eigenvalue weighted by Crippen LogP contribution is -2.36. The molecule has 1 atom stereocenters. The minimum absolute atomic E-state index is 0.131. The van der Waals surface area contributed by atoms with E-state index in [-0.39, 0.29) is 25.0 Å². The molecule has 1 unspecified atom stereocenters. The highest BCUT2D eigenvalue weighted by Crippen LogP contribution is 2.08.